The number of pyridine rings is 1. The monoisotopic (exact) mass is 366 g/mol. The molecule has 3 aromatic rings. The summed E-state index contributed by atoms with van der Waals surface area (Å²) in [6, 6.07) is 13.9. The molecule has 0 aliphatic carbocycles. The van der Waals surface area contributed by atoms with Crippen molar-refractivity contribution >= 4 is 49.8 Å². The van der Waals surface area contributed by atoms with E-state index in [1.807, 2.05) is 36.4 Å². The summed E-state index contributed by atoms with van der Waals surface area (Å²) in [5.74, 6) is 0. The van der Waals surface area contributed by atoms with E-state index in [0.29, 0.717) is 0 Å². The first-order chi connectivity index (χ1) is 9.63. The lowest BCUT2D eigenvalue weighted by Crippen LogP contribution is -2.15. The highest BCUT2D eigenvalue weighted by molar-refractivity contribution is 9.10. The molecule has 0 fully saturated rings. The Morgan fingerprint density at radius 2 is 2.05 bits per heavy atom. The fourth-order valence-electron chi connectivity index (χ4n) is 2.14. The van der Waals surface area contributed by atoms with Crippen LogP contribution >= 0.6 is 38.9 Å². The van der Waals surface area contributed by atoms with Gasteiger partial charge in [-0.2, -0.15) is 0 Å². The second kappa shape index (κ2) is 5.82. The van der Waals surface area contributed by atoms with E-state index in [9.17, 15) is 0 Å². The smallest absolute Gasteiger partial charge is 0.0931 e. The lowest BCUT2D eigenvalue weighted by atomic mass is 10.1. The molecule has 0 spiro atoms. The molecule has 0 aliphatic rings. The number of fused-ring (bicyclic) bond motifs is 1. The molecule has 2 nitrogen and oxygen atoms in total. The molecule has 0 saturated carbocycles. The van der Waals surface area contributed by atoms with Crippen LogP contribution in [0.15, 0.2) is 46.9 Å². The van der Waals surface area contributed by atoms with Crippen molar-refractivity contribution in [1.29, 1.82) is 0 Å². The SMILES string of the molecule is NC(Cc1ccc(Cl)s1)c1nc2ccccc2cc1Br. The van der Waals surface area contributed by atoms with Gasteiger partial charge in [0, 0.05) is 21.2 Å². The minimum Gasteiger partial charge on any atom is -0.322 e. The number of para-hydroxylation sites is 1. The van der Waals surface area contributed by atoms with Crippen molar-refractivity contribution in [1.82, 2.24) is 4.98 Å². The molecular weight excluding hydrogens is 356 g/mol. The van der Waals surface area contributed by atoms with Crippen LogP contribution in [0.5, 0.6) is 0 Å². The predicted octanol–water partition coefficient (Wildman–Crippen LogP) is 4.95. The second-order valence-electron chi connectivity index (χ2n) is 4.56. The summed E-state index contributed by atoms with van der Waals surface area (Å²) >= 11 is 11.1. The first kappa shape index (κ1) is 14.0. The zero-order valence-corrected chi connectivity index (χ0v) is 13.7. The van der Waals surface area contributed by atoms with Gasteiger partial charge < -0.3 is 5.73 Å². The topological polar surface area (TPSA) is 38.9 Å². The van der Waals surface area contributed by atoms with Gasteiger partial charge in [-0.3, -0.25) is 0 Å². The molecule has 1 unspecified atom stereocenters. The number of rotatable bonds is 3. The number of thiophene rings is 1. The third-order valence-electron chi connectivity index (χ3n) is 3.11. The summed E-state index contributed by atoms with van der Waals surface area (Å²) in [6.07, 6.45) is 0.737. The highest BCUT2D eigenvalue weighted by Crippen LogP contribution is 2.29. The molecule has 2 N–H and O–H groups in total. The molecule has 5 heteroatoms. The van der Waals surface area contributed by atoms with Crippen molar-refractivity contribution < 1.29 is 0 Å². The largest absolute Gasteiger partial charge is 0.322 e. The molecule has 20 heavy (non-hydrogen) atoms. The van der Waals surface area contributed by atoms with Gasteiger partial charge >= 0.3 is 0 Å². The van der Waals surface area contributed by atoms with Crippen LogP contribution in [-0.2, 0) is 6.42 Å². The molecule has 1 atom stereocenters. The summed E-state index contributed by atoms with van der Waals surface area (Å²) in [4.78, 5) is 5.85. The van der Waals surface area contributed by atoms with Crippen molar-refractivity contribution in [2.24, 2.45) is 5.73 Å². The third-order valence-corrected chi connectivity index (χ3v) is 4.99. The Bertz CT molecular complexity index is 756. The van der Waals surface area contributed by atoms with E-state index in [-0.39, 0.29) is 6.04 Å². The molecule has 3 rings (SSSR count). The Labute approximate surface area is 134 Å². The van der Waals surface area contributed by atoms with Gasteiger partial charge in [-0.1, -0.05) is 29.8 Å². The highest BCUT2D eigenvalue weighted by atomic mass is 79.9. The minimum atomic E-state index is -0.149. The van der Waals surface area contributed by atoms with Crippen molar-refractivity contribution in [2.45, 2.75) is 12.5 Å². The van der Waals surface area contributed by atoms with E-state index in [4.69, 9.17) is 17.3 Å². The summed E-state index contributed by atoms with van der Waals surface area (Å²) in [6.45, 7) is 0. The lowest BCUT2D eigenvalue weighted by Gasteiger charge is -2.13. The number of halogens is 2. The van der Waals surface area contributed by atoms with Gasteiger partial charge in [0.05, 0.1) is 21.6 Å². The summed E-state index contributed by atoms with van der Waals surface area (Å²) in [5.41, 5.74) is 8.15. The van der Waals surface area contributed by atoms with Gasteiger partial charge in [-0.15, -0.1) is 11.3 Å². The van der Waals surface area contributed by atoms with Crippen molar-refractivity contribution in [2.75, 3.05) is 0 Å². The quantitative estimate of drug-likeness (QED) is 0.711. The van der Waals surface area contributed by atoms with E-state index in [2.05, 4.69) is 27.0 Å². The molecule has 102 valence electrons. The Hall–Kier alpha value is -0.940. The van der Waals surface area contributed by atoms with Gasteiger partial charge in [0.15, 0.2) is 0 Å². The fourth-order valence-corrected chi connectivity index (χ4v) is 3.92. The van der Waals surface area contributed by atoms with Gasteiger partial charge in [0.25, 0.3) is 0 Å². The average molecular weight is 368 g/mol. The maximum Gasteiger partial charge on any atom is 0.0931 e. The van der Waals surface area contributed by atoms with E-state index in [1.165, 1.54) is 4.88 Å². The van der Waals surface area contributed by atoms with E-state index in [0.717, 1.165) is 31.8 Å². The molecule has 1 aromatic carbocycles. The van der Waals surface area contributed by atoms with Crippen molar-refractivity contribution in [3.8, 4) is 0 Å². The van der Waals surface area contributed by atoms with Crippen molar-refractivity contribution in [3.63, 3.8) is 0 Å². The highest BCUT2D eigenvalue weighted by Gasteiger charge is 2.14. The zero-order valence-electron chi connectivity index (χ0n) is 10.5. The third kappa shape index (κ3) is 2.88. The predicted molar refractivity (Wildman–Crippen MR) is 89.4 cm³/mol. The summed E-state index contributed by atoms with van der Waals surface area (Å²) in [7, 11) is 0. The van der Waals surface area contributed by atoms with E-state index < -0.39 is 0 Å². The minimum absolute atomic E-state index is 0.149. The molecule has 0 aliphatic heterocycles. The normalized spacial score (nSPS) is 12.8. The molecule has 0 amide bonds. The molecule has 0 radical (unpaired) electrons. The van der Waals surface area contributed by atoms with Gasteiger partial charge in [-0.05, 0) is 40.2 Å². The number of nitrogens with zero attached hydrogens (tertiary/aromatic N) is 1. The van der Waals surface area contributed by atoms with Crippen LogP contribution in [0.3, 0.4) is 0 Å². The second-order valence-corrected chi connectivity index (χ2v) is 7.22. The summed E-state index contributed by atoms with van der Waals surface area (Å²) in [5, 5.41) is 1.11. The van der Waals surface area contributed by atoms with Crippen molar-refractivity contribution in [3.05, 3.63) is 61.8 Å². The standard InChI is InChI=1S/C15H12BrClN2S/c16-11-7-9-3-1-2-4-13(9)19-15(11)12(18)8-10-5-6-14(17)20-10/h1-7,12H,8,18H2. The molecule has 2 heterocycles. The number of benzene rings is 1. The van der Waals surface area contributed by atoms with Crippen LogP contribution in [0, 0.1) is 0 Å². The molecular formula is C15H12BrClN2S. The van der Waals surface area contributed by atoms with Crippen LogP contribution in [0.4, 0.5) is 0 Å². The number of hydrogen-bond acceptors (Lipinski definition) is 3. The van der Waals surface area contributed by atoms with Gasteiger partial charge in [-0.25, -0.2) is 4.98 Å². The average Bonchev–Trinajstić information content (AvgIpc) is 2.83. The molecule has 0 saturated heterocycles. The molecule has 0 bridgehead atoms. The first-order valence-electron chi connectivity index (χ1n) is 6.18. The Morgan fingerprint density at radius 1 is 1.25 bits per heavy atom. The Balaban J connectivity index is 1.94. The fraction of sp³-hybridized carbons (Fsp3) is 0.133. The maximum absolute atomic E-state index is 6.30. The van der Waals surface area contributed by atoms with E-state index in [1.54, 1.807) is 11.3 Å². The lowest BCUT2D eigenvalue weighted by molar-refractivity contribution is 0.703. The van der Waals surface area contributed by atoms with Crippen LogP contribution in [0.25, 0.3) is 10.9 Å². The van der Waals surface area contributed by atoms with Gasteiger partial charge in [0.1, 0.15) is 0 Å². The Kier molecular flexibility index (Phi) is 4.08. The van der Waals surface area contributed by atoms with Crippen LogP contribution in [-0.4, -0.2) is 4.98 Å². The van der Waals surface area contributed by atoms with Gasteiger partial charge in [0.2, 0.25) is 0 Å². The maximum atomic E-state index is 6.30. The van der Waals surface area contributed by atoms with Crippen LogP contribution in [0.2, 0.25) is 4.34 Å². The van der Waals surface area contributed by atoms with Crippen LogP contribution in [0.1, 0.15) is 16.6 Å². The van der Waals surface area contributed by atoms with Crippen LogP contribution < -0.4 is 5.73 Å². The first-order valence-corrected chi connectivity index (χ1v) is 8.17. The number of nitrogens with two attached hydrogens (primary N) is 1. The van der Waals surface area contributed by atoms with E-state index >= 15 is 0 Å². The molecule has 2 aromatic heterocycles. The Morgan fingerprint density at radius 3 is 2.80 bits per heavy atom. The number of aromatic nitrogens is 1. The zero-order chi connectivity index (χ0) is 14.1. The number of hydrogen-bond donors (Lipinski definition) is 1. The summed E-state index contributed by atoms with van der Waals surface area (Å²) < 4.78 is 1.74.